The van der Waals surface area contributed by atoms with Gasteiger partial charge in [-0.1, -0.05) is 12.1 Å². The van der Waals surface area contributed by atoms with Gasteiger partial charge < -0.3 is 15.0 Å². The number of ether oxygens (including phenoxy) is 1. The number of amidine groups is 1. The first-order chi connectivity index (χ1) is 11.1. The van der Waals surface area contributed by atoms with E-state index in [9.17, 15) is 0 Å². The van der Waals surface area contributed by atoms with E-state index in [4.69, 9.17) is 15.4 Å². The Bertz CT molecular complexity index is 628. The van der Waals surface area contributed by atoms with Crippen molar-refractivity contribution in [3.63, 3.8) is 0 Å². The molecule has 0 saturated heterocycles. The highest BCUT2D eigenvalue weighted by molar-refractivity contribution is 5.97. The van der Waals surface area contributed by atoms with E-state index in [2.05, 4.69) is 25.2 Å². The Kier molecular flexibility index (Phi) is 5.89. The topological polar surface area (TPSA) is 120 Å². The maximum Gasteiger partial charge on any atom is 0.202 e. The zero-order valence-electron chi connectivity index (χ0n) is 13.0. The maximum atomic E-state index is 8.72. The van der Waals surface area contributed by atoms with Crippen LogP contribution >= 0.6 is 0 Å². The molecule has 0 aliphatic rings. The fraction of sp³-hybridized carbons (Fsp3) is 0.357. The van der Waals surface area contributed by atoms with Crippen molar-refractivity contribution < 1.29 is 14.6 Å². The summed E-state index contributed by atoms with van der Waals surface area (Å²) in [5.74, 6) is 0.874. The molecule has 23 heavy (non-hydrogen) atoms. The van der Waals surface area contributed by atoms with Crippen molar-refractivity contribution in [1.82, 2.24) is 20.7 Å². The minimum Gasteiger partial charge on any atom is -0.497 e. The molecule has 124 valence electrons. The van der Waals surface area contributed by atoms with Gasteiger partial charge >= 0.3 is 0 Å². The number of rotatable bonds is 8. The van der Waals surface area contributed by atoms with Crippen molar-refractivity contribution in [2.45, 2.75) is 6.54 Å². The van der Waals surface area contributed by atoms with E-state index < -0.39 is 0 Å². The van der Waals surface area contributed by atoms with Crippen molar-refractivity contribution in [2.75, 3.05) is 32.6 Å². The van der Waals surface area contributed by atoms with Crippen LogP contribution in [0, 0.1) is 5.41 Å². The number of benzene rings is 1. The molecule has 0 fully saturated rings. The Hall–Kier alpha value is -2.65. The lowest BCUT2D eigenvalue weighted by Crippen LogP contribution is -2.26. The maximum absolute atomic E-state index is 8.72. The molecule has 0 aliphatic heterocycles. The molecule has 0 saturated carbocycles. The Balaban J connectivity index is 1.79. The smallest absolute Gasteiger partial charge is 0.202 e. The second-order valence-electron chi connectivity index (χ2n) is 4.96. The van der Waals surface area contributed by atoms with E-state index in [-0.39, 0.29) is 11.5 Å². The van der Waals surface area contributed by atoms with Crippen LogP contribution in [0.1, 0.15) is 11.3 Å². The highest BCUT2D eigenvalue weighted by Crippen LogP contribution is 2.12. The first-order valence-electron chi connectivity index (χ1n) is 7.01. The largest absolute Gasteiger partial charge is 0.497 e. The fourth-order valence-corrected chi connectivity index (χ4v) is 2.01. The normalized spacial score (nSPS) is 10.6. The summed E-state index contributed by atoms with van der Waals surface area (Å²) in [6.07, 6.45) is 0. The third-order valence-corrected chi connectivity index (χ3v) is 3.23. The fourth-order valence-electron chi connectivity index (χ4n) is 2.01. The standard InChI is InChI=1S/C14H20N6O3/c1-20(9-10-3-5-11(22-2)6-4-10)8-7-16-14-12(13(15)17-21)18-23-19-14/h3-6,21H,7-9H2,1-2H3,(H2,15,17)(H,16,19). The molecule has 0 unspecified atom stereocenters. The van der Waals surface area contributed by atoms with Gasteiger partial charge in [-0.3, -0.25) is 16.1 Å². The van der Waals surface area contributed by atoms with Crippen LogP contribution in [0.3, 0.4) is 0 Å². The van der Waals surface area contributed by atoms with Crippen LogP contribution in [0.5, 0.6) is 5.75 Å². The molecule has 9 heteroatoms. The summed E-state index contributed by atoms with van der Waals surface area (Å²) in [6, 6.07) is 7.91. The van der Waals surface area contributed by atoms with E-state index in [1.165, 1.54) is 5.56 Å². The first kappa shape index (κ1) is 16.7. The predicted octanol–water partition coefficient (Wildman–Crippen LogP) is 0.926. The molecule has 2 rings (SSSR count). The quantitative estimate of drug-likeness (QED) is 0.322. The van der Waals surface area contributed by atoms with Crippen molar-refractivity contribution in [1.29, 1.82) is 5.41 Å². The molecular weight excluding hydrogens is 300 g/mol. The van der Waals surface area contributed by atoms with Crippen LogP contribution in [-0.2, 0) is 6.54 Å². The third-order valence-electron chi connectivity index (χ3n) is 3.23. The van der Waals surface area contributed by atoms with Gasteiger partial charge in [0.15, 0.2) is 11.5 Å². The van der Waals surface area contributed by atoms with Gasteiger partial charge in [-0.25, -0.2) is 4.63 Å². The molecule has 0 spiro atoms. The van der Waals surface area contributed by atoms with E-state index in [0.29, 0.717) is 12.4 Å². The van der Waals surface area contributed by atoms with E-state index >= 15 is 0 Å². The van der Waals surface area contributed by atoms with Crippen LogP contribution in [0.25, 0.3) is 0 Å². The van der Waals surface area contributed by atoms with Crippen LogP contribution in [0.2, 0.25) is 0 Å². The number of hydroxylamine groups is 1. The zero-order chi connectivity index (χ0) is 16.7. The molecule has 9 nitrogen and oxygen atoms in total. The average Bonchev–Trinajstić information content (AvgIpc) is 3.03. The summed E-state index contributed by atoms with van der Waals surface area (Å²) in [6.45, 7) is 2.13. The second-order valence-corrected chi connectivity index (χ2v) is 4.96. The van der Waals surface area contributed by atoms with E-state index in [1.54, 1.807) is 12.6 Å². The molecule has 0 atom stereocenters. The van der Waals surface area contributed by atoms with Gasteiger partial charge in [0.1, 0.15) is 5.75 Å². The molecule has 1 heterocycles. The number of hydrogen-bond acceptors (Lipinski definition) is 8. The van der Waals surface area contributed by atoms with Crippen molar-refractivity contribution >= 4 is 11.7 Å². The Morgan fingerprint density at radius 3 is 2.74 bits per heavy atom. The summed E-state index contributed by atoms with van der Waals surface area (Å²) >= 11 is 0. The highest BCUT2D eigenvalue weighted by Gasteiger charge is 2.14. The molecule has 0 aliphatic carbocycles. The zero-order valence-corrected chi connectivity index (χ0v) is 13.0. The van der Waals surface area contributed by atoms with Crippen LogP contribution in [0.4, 0.5) is 5.82 Å². The molecule has 0 radical (unpaired) electrons. The predicted molar refractivity (Wildman–Crippen MR) is 83.9 cm³/mol. The number of hydrogen-bond donors (Lipinski definition) is 4. The summed E-state index contributed by atoms with van der Waals surface area (Å²) in [4.78, 5) is 2.14. The Morgan fingerprint density at radius 2 is 2.09 bits per heavy atom. The van der Waals surface area contributed by atoms with Crippen molar-refractivity contribution in [3.8, 4) is 5.75 Å². The van der Waals surface area contributed by atoms with E-state index in [0.717, 1.165) is 18.8 Å². The number of nitrogens with zero attached hydrogens (tertiary/aromatic N) is 3. The Morgan fingerprint density at radius 1 is 1.35 bits per heavy atom. The van der Waals surface area contributed by atoms with Gasteiger partial charge in [-0.05, 0) is 35.1 Å². The van der Waals surface area contributed by atoms with Crippen molar-refractivity contribution in [3.05, 3.63) is 35.5 Å². The number of methoxy groups -OCH3 is 1. The van der Waals surface area contributed by atoms with E-state index in [1.807, 2.05) is 31.3 Å². The van der Waals surface area contributed by atoms with Crippen LogP contribution in [-0.4, -0.2) is 53.5 Å². The summed E-state index contributed by atoms with van der Waals surface area (Å²) in [5, 5.41) is 26.4. The first-order valence-corrected chi connectivity index (χ1v) is 7.01. The summed E-state index contributed by atoms with van der Waals surface area (Å²) in [7, 11) is 3.65. The number of likely N-dealkylation sites (N-methyl/N-ethyl adjacent to an activating group) is 1. The summed E-state index contributed by atoms with van der Waals surface area (Å²) in [5.41, 5.74) is 3.02. The molecule has 4 N–H and O–H groups in total. The molecular formula is C14H20N6O3. The average molecular weight is 320 g/mol. The van der Waals surface area contributed by atoms with Gasteiger partial charge in [0, 0.05) is 19.6 Å². The molecule has 0 amide bonds. The molecule has 1 aromatic carbocycles. The van der Waals surface area contributed by atoms with Gasteiger partial charge in [0.25, 0.3) is 0 Å². The minimum atomic E-state index is -0.277. The molecule has 2 aromatic rings. The summed E-state index contributed by atoms with van der Waals surface area (Å²) < 4.78 is 9.70. The lowest BCUT2D eigenvalue weighted by molar-refractivity contribution is 0.233. The third kappa shape index (κ3) is 4.66. The van der Waals surface area contributed by atoms with Crippen LogP contribution < -0.4 is 15.5 Å². The SMILES string of the molecule is COc1ccc(CN(C)CCNc2nonc2C(=N)NO)cc1. The second kappa shape index (κ2) is 8.11. The highest BCUT2D eigenvalue weighted by atomic mass is 16.6. The Labute approximate surface area is 133 Å². The van der Waals surface area contributed by atoms with Gasteiger partial charge in [0.05, 0.1) is 7.11 Å². The monoisotopic (exact) mass is 320 g/mol. The number of aromatic nitrogens is 2. The van der Waals surface area contributed by atoms with Crippen molar-refractivity contribution in [2.24, 2.45) is 0 Å². The van der Waals surface area contributed by atoms with Gasteiger partial charge in [-0.15, -0.1) is 0 Å². The lowest BCUT2D eigenvalue weighted by atomic mass is 10.2. The lowest BCUT2D eigenvalue weighted by Gasteiger charge is -2.17. The molecule has 0 bridgehead atoms. The molecule has 1 aromatic heterocycles. The van der Waals surface area contributed by atoms with Gasteiger partial charge in [-0.2, -0.15) is 0 Å². The van der Waals surface area contributed by atoms with Gasteiger partial charge in [0.2, 0.25) is 5.82 Å². The minimum absolute atomic E-state index is 0.130. The number of nitrogens with one attached hydrogen (secondary N) is 3. The number of anilines is 1. The van der Waals surface area contributed by atoms with Crippen LogP contribution in [0.15, 0.2) is 28.9 Å².